The normalized spacial score (nSPS) is 14.7. The highest BCUT2D eigenvalue weighted by Crippen LogP contribution is 2.28. The highest BCUT2D eigenvalue weighted by Gasteiger charge is 2.29. The maximum absolute atomic E-state index is 13.4. The lowest BCUT2D eigenvalue weighted by molar-refractivity contribution is -0.126. The van der Waals surface area contributed by atoms with E-state index in [0.29, 0.717) is 53.8 Å². The fourth-order valence-electron chi connectivity index (χ4n) is 4.26. The molecule has 1 N–H and O–H groups in total. The molecule has 3 aromatic rings. The zero-order valence-corrected chi connectivity index (χ0v) is 18.7. The number of nitrogens with zero attached hydrogens (tertiary/aromatic N) is 1. The molecule has 0 atom stereocenters. The molecule has 0 radical (unpaired) electrons. The summed E-state index contributed by atoms with van der Waals surface area (Å²) >= 11 is 0. The van der Waals surface area contributed by atoms with Crippen LogP contribution in [0.4, 0.5) is 0 Å². The molecule has 2 aromatic carbocycles. The van der Waals surface area contributed by atoms with E-state index in [1.807, 2.05) is 44.2 Å². The molecule has 1 fully saturated rings. The lowest BCUT2D eigenvalue weighted by Crippen LogP contribution is -2.44. The Labute approximate surface area is 187 Å². The lowest BCUT2D eigenvalue weighted by atomic mass is 9.95. The van der Waals surface area contributed by atoms with Gasteiger partial charge in [-0.3, -0.25) is 14.4 Å². The van der Waals surface area contributed by atoms with Crippen molar-refractivity contribution in [1.82, 2.24) is 10.2 Å². The van der Waals surface area contributed by atoms with Gasteiger partial charge in [-0.15, -0.1) is 0 Å². The Morgan fingerprint density at radius 3 is 2.38 bits per heavy atom. The van der Waals surface area contributed by atoms with E-state index in [1.165, 1.54) is 0 Å². The van der Waals surface area contributed by atoms with Crippen molar-refractivity contribution in [3.63, 3.8) is 0 Å². The van der Waals surface area contributed by atoms with Crippen molar-refractivity contribution in [2.75, 3.05) is 13.1 Å². The van der Waals surface area contributed by atoms with Crippen molar-refractivity contribution < 1.29 is 14.0 Å². The maximum atomic E-state index is 13.4. The quantitative estimate of drug-likeness (QED) is 0.672. The summed E-state index contributed by atoms with van der Waals surface area (Å²) in [4.78, 5) is 40.5. The first-order valence-corrected chi connectivity index (χ1v) is 11.1. The van der Waals surface area contributed by atoms with Crippen LogP contribution < -0.4 is 10.7 Å². The molecule has 0 unspecified atom stereocenters. The molecule has 0 bridgehead atoms. The van der Waals surface area contributed by atoms with Crippen LogP contribution in [0.1, 0.15) is 42.6 Å². The van der Waals surface area contributed by atoms with Crippen LogP contribution in [0.5, 0.6) is 0 Å². The number of rotatable bonds is 4. The molecule has 1 aliphatic rings. The van der Waals surface area contributed by atoms with Crippen LogP contribution in [-0.2, 0) is 4.79 Å². The Morgan fingerprint density at radius 2 is 1.72 bits per heavy atom. The number of hydrogen-bond acceptors (Lipinski definition) is 4. The smallest absolute Gasteiger partial charge is 0.257 e. The molecular weight excluding hydrogens is 404 g/mol. The van der Waals surface area contributed by atoms with Crippen molar-refractivity contribution >= 4 is 22.8 Å². The summed E-state index contributed by atoms with van der Waals surface area (Å²) in [6.07, 6.45) is 1.24. The number of piperidine rings is 1. The average molecular weight is 433 g/mol. The number of hydrogen-bond donors (Lipinski definition) is 1. The maximum Gasteiger partial charge on any atom is 0.257 e. The molecule has 6 heteroatoms. The van der Waals surface area contributed by atoms with E-state index in [1.54, 1.807) is 30.0 Å². The van der Waals surface area contributed by atoms with Crippen LogP contribution in [0.2, 0.25) is 0 Å². The second kappa shape index (κ2) is 8.99. The highest BCUT2D eigenvalue weighted by molar-refractivity contribution is 6.05. The summed E-state index contributed by atoms with van der Waals surface area (Å²) in [7, 11) is 0. The number of benzene rings is 2. The van der Waals surface area contributed by atoms with E-state index in [9.17, 15) is 14.4 Å². The number of carbonyl (C=O) groups excluding carboxylic acids is 2. The van der Waals surface area contributed by atoms with E-state index in [2.05, 4.69) is 5.32 Å². The first-order chi connectivity index (χ1) is 15.4. The van der Waals surface area contributed by atoms with Crippen LogP contribution in [0.25, 0.3) is 22.3 Å². The third-order valence-electron chi connectivity index (χ3n) is 6.00. The number of fused-ring (bicyclic) bond motifs is 1. The van der Waals surface area contributed by atoms with Gasteiger partial charge >= 0.3 is 0 Å². The molecule has 6 nitrogen and oxygen atoms in total. The summed E-state index contributed by atoms with van der Waals surface area (Å²) in [6, 6.07) is 14.7. The summed E-state index contributed by atoms with van der Waals surface area (Å²) in [5, 5.41) is 3.36. The van der Waals surface area contributed by atoms with Crippen LogP contribution in [0, 0.1) is 12.8 Å². The average Bonchev–Trinajstić information content (AvgIpc) is 2.80. The third-order valence-corrected chi connectivity index (χ3v) is 6.00. The van der Waals surface area contributed by atoms with Gasteiger partial charge in [-0.05, 0) is 45.7 Å². The van der Waals surface area contributed by atoms with Crippen molar-refractivity contribution in [1.29, 1.82) is 0 Å². The zero-order chi connectivity index (χ0) is 22.8. The number of likely N-dealkylation sites (tertiary alicyclic amines) is 1. The van der Waals surface area contributed by atoms with Crippen molar-refractivity contribution in [3.05, 3.63) is 69.9 Å². The Balaban J connectivity index is 1.65. The molecule has 2 amide bonds. The molecule has 166 valence electrons. The molecule has 1 saturated heterocycles. The first-order valence-electron chi connectivity index (χ1n) is 11.1. The summed E-state index contributed by atoms with van der Waals surface area (Å²) in [6.45, 7) is 6.61. The number of carbonyl (C=O) groups is 2. The van der Waals surface area contributed by atoms with Gasteiger partial charge in [0.25, 0.3) is 5.91 Å². The minimum atomic E-state index is -0.177. The SMILES string of the molecule is Cc1c(-c2ccccc2)oc2c(C(=O)N3CCC(C(=O)NC(C)C)CC3)cccc2c1=O. The summed E-state index contributed by atoms with van der Waals surface area (Å²) in [5.41, 5.74) is 1.87. The van der Waals surface area contributed by atoms with Crippen LogP contribution in [0.3, 0.4) is 0 Å². The van der Waals surface area contributed by atoms with E-state index < -0.39 is 0 Å². The minimum absolute atomic E-state index is 0.0474. The predicted octanol–water partition coefficient (Wildman–Crippen LogP) is 4.15. The van der Waals surface area contributed by atoms with Crippen molar-refractivity contribution in [2.45, 2.75) is 39.7 Å². The van der Waals surface area contributed by atoms with Gasteiger partial charge in [0, 0.05) is 36.2 Å². The number of amides is 2. The van der Waals surface area contributed by atoms with E-state index in [0.717, 1.165) is 5.56 Å². The fourth-order valence-corrected chi connectivity index (χ4v) is 4.26. The van der Waals surface area contributed by atoms with Gasteiger partial charge in [0.05, 0.1) is 10.9 Å². The molecule has 0 saturated carbocycles. The predicted molar refractivity (Wildman–Crippen MR) is 125 cm³/mol. The van der Waals surface area contributed by atoms with E-state index >= 15 is 0 Å². The molecular formula is C26H28N2O4. The standard InChI is InChI=1S/C26H28N2O4/c1-16(2)27-25(30)19-12-14-28(15-13-19)26(31)21-11-7-10-20-22(29)17(3)23(32-24(20)21)18-8-5-4-6-9-18/h4-11,16,19H,12-15H2,1-3H3,(H,27,30). The van der Waals surface area contributed by atoms with Crippen molar-refractivity contribution in [2.24, 2.45) is 5.92 Å². The second-order valence-electron chi connectivity index (χ2n) is 8.66. The molecule has 1 aromatic heterocycles. The van der Waals surface area contributed by atoms with Gasteiger partial charge in [-0.25, -0.2) is 0 Å². The molecule has 0 aliphatic carbocycles. The number of nitrogens with one attached hydrogen (secondary N) is 1. The molecule has 0 spiro atoms. The van der Waals surface area contributed by atoms with Crippen LogP contribution in [0.15, 0.2) is 57.7 Å². The largest absolute Gasteiger partial charge is 0.455 e. The molecule has 32 heavy (non-hydrogen) atoms. The van der Waals surface area contributed by atoms with Gasteiger partial charge in [0.1, 0.15) is 5.76 Å². The van der Waals surface area contributed by atoms with Gasteiger partial charge in [0.15, 0.2) is 11.0 Å². The highest BCUT2D eigenvalue weighted by atomic mass is 16.3. The Hall–Kier alpha value is -3.41. The van der Waals surface area contributed by atoms with Crippen molar-refractivity contribution in [3.8, 4) is 11.3 Å². The third kappa shape index (κ3) is 4.17. The second-order valence-corrected chi connectivity index (χ2v) is 8.66. The Bertz CT molecular complexity index is 1210. The first kappa shape index (κ1) is 21.8. The number of para-hydroxylation sites is 1. The zero-order valence-electron chi connectivity index (χ0n) is 18.7. The fraction of sp³-hybridized carbons (Fsp3) is 0.346. The Morgan fingerprint density at radius 1 is 1.03 bits per heavy atom. The van der Waals surface area contributed by atoms with Crippen LogP contribution >= 0.6 is 0 Å². The van der Waals surface area contributed by atoms with Gasteiger partial charge in [-0.1, -0.05) is 36.4 Å². The topological polar surface area (TPSA) is 79.6 Å². The Kier molecular flexibility index (Phi) is 6.12. The monoisotopic (exact) mass is 432 g/mol. The summed E-state index contributed by atoms with van der Waals surface area (Å²) < 4.78 is 6.19. The molecule has 1 aliphatic heterocycles. The minimum Gasteiger partial charge on any atom is -0.455 e. The van der Waals surface area contributed by atoms with E-state index in [-0.39, 0.29) is 29.2 Å². The molecule has 2 heterocycles. The lowest BCUT2D eigenvalue weighted by Gasteiger charge is -2.31. The van der Waals surface area contributed by atoms with Crippen LogP contribution in [-0.4, -0.2) is 35.8 Å². The summed E-state index contributed by atoms with van der Waals surface area (Å²) in [5.74, 6) is 0.266. The van der Waals surface area contributed by atoms with E-state index in [4.69, 9.17) is 4.42 Å². The van der Waals surface area contributed by atoms with Gasteiger partial charge < -0.3 is 14.6 Å². The van der Waals surface area contributed by atoms with Gasteiger partial charge in [0.2, 0.25) is 5.91 Å². The molecule has 4 rings (SSSR count). The van der Waals surface area contributed by atoms with Gasteiger partial charge in [-0.2, -0.15) is 0 Å².